The van der Waals surface area contributed by atoms with E-state index in [1.807, 2.05) is 30.5 Å². The zero-order valence-electron chi connectivity index (χ0n) is 13.8. The number of ether oxygens (including phenoxy) is 1. The summed E-state index contributed by atoms with van der Waals surface area (Å²) in [5, 5.41) is 6.61. The Kier molecular flexibility index (Phi) is 5.11. The Morgan fingerprint density at radius 3 is 2.28 bits per heavy atom. The summed E-state index contributed by atoms with van der Waals surface area (Å²) in [5.74, 6) is -0.320. The normalized spacial score (nSPS) is 10.6. The van der Waals surface area contributed by atoms with Gasteiger partial charge in [0, 0.05) is 35.6 Å². The maximum absolute atomic E-state index is 12.3. The van der Waals surface area contributed by atoms with Crippen LogP contribution in [0.3, 0.4) is 0 Å². The van der Waals surface area contributed by atoms with Crippen LogP contribution in [0, 0.1) is 0 Å². The Labute approximate surface area is 145 Å². The fourth-order valence-corrected chi connectivity index (χ4v) is 2.62. The molecule has 0 bridgehead atoms. The lowest BCUT2D eigenvalue weighted by Gasteiger charge is -2.07. The van der Waals surface area contributed by atoms with Gasteiger partial charge in [-0.05, 0) is 35.9 Å². The number of amides is 2. The Balaban J connectivity index is 1.60. The van der Waals surface area contributed by atoms with E-state index in [0.29, 0.717) is 11.4 Å². The molecule has 0 atom stereocenters. The first-order chi connectivity index (χ1) is 12.2. The number of H-pyrrole nitrogens is 1. The van der Waals surface area contributed by atoms with E-state index in [-0.39, 0.29) is 24.8 Å². The van der Waals surface area contributed by atoms with E-state index >= 15 is 0 Å². The number of benzene rings is 2. The quantitative estimate of drug-likeness (QED) is 0.647. The first kappa shape index (κ1) is 16.7. The second-order valence-electron chi connectivity index (χ2n) is 5.64. The molecule has 3 N–H and O–H groups in total. The lowest BCUT2D eigenvalue weighted by atomic mass is 10.1. The average molecular weight is 337 g/mol. The van der Waals surface area contributed by atoms with Crippen molar-refractivity contribution < 1.29 is 14.3 Å². The summed E-state index contributed by atoms with van der Waals surface area (Å²) in [6.07, 6.45) is 2.15. The molecule has 2 aromatic carbocycles. The van der Waals surface area contributed by atoms with E-state index in [2.05, 4.69) is 15.6 Å². The van der Waals surface area contributed by atoms with Gasteiger partial charge < -0.3 is 20.4 Å². The number of nitrogens with one attached hydrogen (secondary N) is 3. The molecule has 25 heavy (non-hydrogen) atoms. The monoisotopic (exact) mass is 337 g/mol. The number of carbonyl (C=O) groups is 2. The van der Waals surface area contributed by atoms with Gasteiger partial charge in [0.15, 0.2) is 0 Å². The third kappa shape index (κ3) is 4.24. The van der Waals surface area contributed by atoms with Crippen molar-refractivity contribution in [1.29, 1.82) is 0 Å². The summed E-state index contributed by atoms with van der Waals surface area (Å²) in [6.45, 7) is 0.00308. The van der Waals surface area contributed by atoms with Crippen LogP contribution >= 0.6 is 0 Å². The lowest BCUT2D eigenvalue weighted by Crippen LogP contribution is -2.17. The molecule has 0 saturated carbocycles. The van der Waals surface area contributed by atoms with Crippen LogP contribution in [0.2, 0.25) is 0 Å². The molecular weight excluding hydrogens is 318 g/mol. The van der Waals surface area contributed by atoms with E-state index in [0.717, 1.165) is 16.5 Å². The average Bonchev–Trinajstić information content (AvgIpc) is 3.00. The minimum Gasteiger partial charge on any atom is -0.375 e. The first-order valence-electron chi connectivity index (χ1n) is 7.89. The summed E-state index contributed by atoms with van der Waals surface area (Å²) < 4.78 is 4.76. The van der Waals surface area contributed by atoms with Crippen molar-refractivity contribution in [3.8, 4) is 0 Å². The minimum atomic E-state index is -0.223. The molecule has 0 aliphatic carbocycles. The molecule has 0 aliphatic heterocycles. The summed E-state index contributed by atoms with van der Waals surface area (Å²) in [7, 11) is 1.46. The van der Waals surface area contributed by atoms with Crippen molar-refractivity contribution in [1.82, 2.24) is 4.98 Å². The van der Waals surface area contributed by atoms with Crippen molar-refractivity contribution in [3.05, 3.63) is 60.3 Å². The third-order valence-corrected chi connectivity index (χ3v) is 3.75. The molecule has 0 spiro atoms. The van der Waals surface area contributed by atoms with Crippen LogP contribution in [0.25, 0.3) is 10.9 Å². The number of anilines is 2. The molecule has 0 radical (unpaired) electrons. The van der Waals surface area contributed by atoms with Crippen molar-refractivity contribution >= 4 is 34.1 Å². The SMILES string of the molecule is COCC(=O)Nc1ccc(NC(=O)Cc2c[nH]c3ccccc23)cc1. The minimum absolute atomic E-state index is 0.00308. The number of aromatic amines is 1. The molecule has 0 fully saturated rings. The molecular formula is C19H19N3O3. The van der Waals surface area contributed by atoms with Gasteiger partial charge >= 0.3 is 0 Å². The molecule has 0 saturated heterocycles. The van der Waals surface area contributed by atoms with Crippen LogP contribution in [0.1, 0.15) is 5.56 Å². The topological polar surface area (TPSA) is 83.2 Å². The highest BCUT2D eigenvalue weighted by molar-refractivity contribution is 5.96. The number of para-hydroxylation sites is 1. The predicted molar refractivity (Wildman–Crippen MR) is 97.6 cm³/mol. The van der Waals surface area contributed by atoms with Crippen LogP contribution in [0.4, 0.5) is 11.4 Å². The highest BCUT2D eigenvalue weighted by atomic mass is 16.5. The van der Waals surface area contributed by atoms with Gasteiger partial charge in [0.2, 0.25) is 11.8 Å². The van der Waals surface area contributed by atoms with Crippen LogP contribution in [0.15, 0.2) is 54.7 Å². The summed E-state index contributed by atoms with van der Waals surface area (Å²) >= 11 is 0. The molecule has 2 amide bonds. The number of methoxy groups -OCH3 is 1. The van der Waals surface area contributed by atoms with Crippen molar-refractivity contribution in [2.24, 2.45) is 0 Å². The number of hydrogen-bond acceptors (Lipinski definition) is 3. The number of hydrogen-bond donors (Lipinski definition) is 3. The summed E-state index contributed by atoms with van der Waals surface area (Å²) in [6, 6.07) is 14.8. The molecule has 1 aromatic heterocycles. The summed E-state index contributed by atoms with van der Waals surface area (Å²) in [4.78, 5) is 26.9. The zero-order valence-corrected chi connectivity index (χ0v) is 13.8. The standard InChI is InChI=1S/C19H19N3O3/c1-25-12-19(24)22-15-8-6-14(7-9-15)21-18(23)10-13-11-20-17-5-3-2-4-16(13)17/h2-9,11,20H,10,12H2,1H3,(H,21,23)(H,22,24). The molecule has 3 aromatic rings. The Morgan fingerprint density at radius 1 is 0.960 bits per heavy atom. The highest BCUT2D eigenvalue weighted by Crippen LogP contribution is 2.19. The van der Waals surface area contributed by atoms with Crippen LogP contribution in [-0.4, -0.2) is 30.5 Å². The molecule has 128 valence electrons. The van der Waals surface area contributed by atoms with E-state index < -0.39 is 0 Å². The first-order valence-corrected chi connectivity index (χ1v) is 7.89. The fourth-order valence-electron chi connectivity index (χ4n) is 2.62. The third-order valence-electron chi connectivity index (χ3n) is 3.75. The maximum atomic E-state index is 12.3. The zero-order chi connectivity index (χ0) is 17.6. The Morgan fingerprint density at radius 2 is 1.60 bits per heavy atom. The Hall–Kier alpha value is -3.12. The van der Waals surface area contributed by atoms with Crippen molar-refractivity contribution in [2.75, 3.05) is 24.4 Å². The molecule has 6 heteroatoms. The molecule has 6 nitrogen and oxygen atoms in total. The second kappa shape index (κ2) is 7.63. The van der Waals surface area contributed by atoms with Crippen LogP contribution < -0.4 is 10.6 Å². The van der Waals surface area contributed by atoms with Gasteiger partial charge in [-0.1, -0.05) is 18.2 Å². The molecule has 0 aliphatic rings. The van der Waals surface area contributed by atoms with Crippen LogP contribution in [0.5, 0.6) is 0 Å². The largest absolute Gasteiger partial charge is 0.375 e. The molecule has 0 unspecified atom stereocenters. The highest BCUT2D eigenvalue weighted by Gasteiger charge is 2.09. The van der Waals surface area contributed by atoms with Crippen molar-refractivity contribution in [2.45, 2.75) is 6.42 Å². The molecule has 1 heterocycles. The van der Waals surface area contributed by atoms with Gasteiger partial charge in [0.1, 0.15) is 6.61 Å². The second-order valence-corrected chi connectivity index (χ2v) is 5.64. The van der Waals surface area contributed by atoms with Gasteiger partial charge in [0.05, 0.1) is 6.42 Å². The Bertz CT molecular complexity index is 884. The fraction of sp³-hybridized carbons (Fsp3) is 0.158. The molecule has 3 rings (SSSR count). The lowest BCUT2D eigenvalue weighted by molar-refractivity contribution is -0.119. The van der Waals surface area contributed by atoms with E-state index in [1.165, 1.54) is 7.11 Å². The number of aromatic nitrogens is 1. The van der Waals surface area contributed by atoms with E-state index in [4.69, 9.17) is 4.74 Å². The van der Waals surface area contributed by atoms with Gasteiger partial charge in [-0.2, -0.15) is 0 Å². The van der Waals surface area contributed by atoms with Gasteiger partial charge in [-0.25, -0.2) is 0 Å². The van der Waals surface area contributed by atoms with Gasteiger partial charge in [-0.15, -0.1) is 0 Å². The van der Waals surface area contributed by atoms with E-state index in [9.17, 15) is 9.59 Å². The summed E-state index contributed by atoms with van der Waals surface area (Å²) in [5.41, 5.74) is 3.30. The van der Waals surface area contributed by atoms with Gasteiger partial charge in [-0.3, -0.25) is 9.59 Å². The predicted octanol–water partition coefficient (Wildman–Crippen LogP) is 2.93. The smallest absolute Gasteiger partial charge is 0.250 e. The van der Waals surface area contributed by atoms with Crippen LogP contribution in [-0.2, 0) is 20.7 Å². The van der Waals surface area contributed by atoms with E-state index in [1.54, 1.807) is 24.3 Å². The van der Waals surface area contributed by atoms with Gasteiger partial charge in [0.25, 0.3) is 0 Å². The number of carbonyl (C=O) groups excluding carboxylic acids is 2. The number of rotatable bonds is 6. The maximum Gasteiger partial charge on any atom is 0.250 e. The number of fused-ring (bicyclic) bond motifs is 1. The van der Waals surface area contributed by atoms with Crippen molar-refractivity contribution in [3.63, 3.8) is 0 Å².